The van der Waals surface area contributed by atoms with Crippen molar-refractivity contribution in [3.63, 3.8) is 0 Å². The van der Waals surface area contributed by atoms with E-state index in [4.69, 9.17) is 4.74 Å². The average Bonchev–Trinajstić information content (AvgIpc) is 3.21. The first kappa shape index (κ1) is 16.0. The summed E-state index contributed by atoms with van der Waals surface area (Å²) in [6, 6.07) is 7.87. The van der Waals surface area contributed by atoms with Crippen LogP contribution < -0.4 is 5.32 Å². The molecular weight excluding hydrogens is 380 g/mol. The molecule has 23 heavy (non-hydrogen) atoms. The molecule has 2 N–H and O–H groups in total. The first-order valence-corrected chi connectivity index (χ1v) is 8.54. The quantitative estimate of drug-likeness (QED) is 0.640. The molecule has 0 atom stereocenters. The number of methoxy groups -OCH3 is 1. The predicted molar refractivity (Wildman–Crippen MR) is 92.3 cm³/mol. The van der Waals surface area contributed by atoms with Crippen molar-refractivity contribution in [1.29, 1.82) is 0 Å². The Bertz CT molecular complexity index is 757. The van der Waals surface area contributed by atoms with Crippen LogP contribution in [0.3, 0.4) is 0 Å². The van der Waals surface area contributed by atoms with Crippen molar-refractivity contribution < 1.29 is 4.74 Å². The standard InChI is InChI=1S/C14H15BrN6OS/c1-22-7-6-11-18-14(23-21-11)16-8-12-17-13(20-19-12)9-2-4-10(15)5-3-9/h2-5H,6-8H2,1H3,(H,16,18,21)(H,17,19,20). The van der Waals surface area contributed by atoms with Crippen LogP contribution in [0.25, 0.3) is 11.4 Å². The summed E-state index contributed by atoms with van der Waals surface area (Å²) < 4.78 is 10.3. The molecule has 0 fully saturated rings. The van der Waals surface area contributed by atoms with E-state index in [1.807, 2.05) is 24.3 Å². The van der Waals surface area contributed by atoms with E-state index in [0.29, 0.717) is 25.4 Å². The number of nitrogens with one attached hydrogen (secondary N) is 2. The van der Waals surface area contributed by atoms with Gasteiger partial charge in [0.15, 0.2) is 5.82 Å². The predicted octanol–water partition coefficient (Wildman–Crippen LogP) is 2.89. The molecule has 0 aliphatic carbocycles. The number of benzene rings is 1. The number of anilines is 1. The molecule has 0 amide bonds. The van der Waals surface area contributed by atoms with Gasteiger partial charge < -0.3 is 10.1 Å². The zero-order valence-corrected chi connectivity index (χ0v) is 14.8. The molecule has 0 saturated heterocycles. The molecular formula is C14H15BrN6OS. The van der Waals surface area contributed by atoms with Gasteiger partial charge in [-0.15, -0.1) is 0 Å². The Balaban J connectivity index is 1.58. The highest BCUT2D eigenvalue weighted by Gasteiger charge is 2.08. The van der Waals surface area contributed by atoms with Crippen LogP contribution in [-0.4, -0.2) is 38.3 Å². The second-order valence-corrected chi connectivity index (χ2v) is 6.39. The van der Waals surface area contributed by atoms with Crippen molar-refractivity contribution in [2.75, 3.05) is 19.0 Å². The summed E-state index contributed by atoms with van der Waals surface area (Å²) in [7, 11) is 1.67. The Morgan fingerprint density at radius 3 is 2.87 bits per heavy atom. The Kier molecular flexibility index (Phi) is 5.31. The van der Waals surface area contributed by atoms with E-state index in [9.17, 15) is 0 Å². The number of nitrogens with zero attached hydrogens (tertiary/aromatic N) is 4. The van der Waals surface area contributed by atoms with Crippen molar-refractivity contribution >= 4 is 32.6 Å². The number of aromatic nitrogens is 5. The normalized spacial score (nSPS) is 10.9. The van der Waals surface area contributed by atoms with E-state index >= 15 is 0 Å². The summed E-state index contributed by atoms with van der Waals surface area (Å²) in [5.41, 5.74) is 0.966. The number of hydrogen-bond donors (Lipinski definition) is 2. The van der Waals surface area contributed by atoms with Crippen LogP contribution in [0.1, 0.15) is 11.6 Å². The number of ether oxygens (including phenoxy) is 1. The zero-order chi connectivity index (χ0) is 16.1. The highest BCUT2D eigenvalue weighted by molar-refractivity contribution is 9.10. The van der Waals surface area contributed by atoms with Crippen LogP contribution in [0.5, 0.6) is 0 Å². The Labute approximate surface area is 145 Å². The van der Waals surface area contributed by atoms with E-state index in [2.05, 4.69) is 45.8 Å². The van der Waals surface area contributed by atoms with E-state index in [0.717, 1.165) is 26.8 Å². The summed E-state index contributed by atoms with van der Waals surface area (Å²) in [5, 5.41) is 11.1. The lowest BCUT2D eigenvalue weighted by atomic mass is 10.2. The van der Waals surface area contributed by atoms with Crippen molar-refractivity contribution in [2.45, 2.75) is 13.0 Å². The third-order valence-electron chi connectivity index (χ3n) is 3.04. The second kappa shape index (κ2) is 7.62. The summed E-state index contributed by atoms with van der Waals surface area (Å²) in [4.78, 5) is 8.86. The molecule has 0 unspecified atom stereocenters. The maximum absolute atomic E-state index is 5.01. The third-order valence-corrected chi connectivity index (χ3v) is 4.28. The first-order chi connectivity index (χ1) is 11.2. The number of hydrogen-bond acceptors (Lipinski definition) is 7. The number of H-pyrrole nitrogens is 1. The smallest absolute Gasteiger partial charge is 0.202 e. The maximum atomic E-state index is 5.01. The maximum Gasteiger partial charge on any atom is 0.202 e. The molecule has 1 aromatic carbocycles. The van der Waals surface area contributed by atoms with Gasteiger partial charge in [0.1, 0.15) is 11.6 Å². The van der Waals surface area contributed by atoms with Crippen molar-refractivity contribution in [3.8, 4) is 11.4 Å². The molecule has 0 aliphatic rings. The van der Waals surface area contributed by atoms with Gasteiger partial charge in [-0.25, -0.2) is 9.97 Å². The fraction of sp³-hybridized carbons (Fsp3) is 0.286. The summed E-state index contributed by atoms with van der Waals surface area (Å²) >= 11 is 4.74. The van der Waals surface area contributed by atoms with Gasteiger partial charge in [0.25, 0.3) is 0 Å². The van der Waals surface area contributed by atoms with E-state index < -0.39 is 0 Å². The Morgan fingerprint density at radius 1 is 1.26 bits per heavy atom. The van der Waals surface area contributed by atoms with Crippen LogP contribution in [-0.2, 0) is 17.7 Å². The molecule has 0 aliphatic heterocycles. The molecule has 120 valence electrons. The fourth-order valence-electron chi connectivity index (χ4n) is 1.88. The molecule has 0 bridgehead atoms. The number of rotatable bonds is 7. The third kappa shape index (κ3) is 4.34. The van der Waals surface area contributed by atoms with E-state index in [1.54, 1.807) is 7.11 Å². The average molecular weight is 395 g/mol. The topological polar surface area (TPSA) is 88.6 Å². The van der Waals surface area contributed by atoms with Gasteiger partial charge in [-0.05, 0) is 12.1 Å². The number of halogens is 1. The minimum absolute atomic E-state index is 0.516. The van der Waals surface area contributed by atoms with Gasteiger partial charge in [-0.2, -0.15) is 9.47 Å². The van der Waals surface area contributed by atoms with E-state index in [-0.39, 0.29) is 0 Å². The molecule has 0 saturated carbocycles. The van der Waals surface area contributed by atoms with Crippen molar-refractivity contribution in [3.05, 3.63) is 40.4 Å². The lowest BCUT2D eigenvalue weighted by molar-refractivity contribution is 0.201. The second-order valence-electron chi connectivity index (χ2n) is 4.72. The van der Waals surface area contributed by atoms with Crippen LogP contribution in [0, 0.1) is 0 Å². The van der Waals surface area contributed by atoms with Gasteiger partial charge in [0, 0.05) is 35.1 Å². The highest BCUT2D eigenvalue weighted by Crippen LogP contribution is 2.18. The van der Waals surface area contributed by atoms with Crippen LogP contribution in [0.4, 0.5) is 5.13 Å². The van der Waals surface area contributed by atoms with Gasteiger partial charge in [-0.3, -0.25) is 5.10 Å². The van der Waals surface area contributed by atoms with Gasteiger partial charge in [-0.1, -0.05) is 28.1 Å². The monoisotopic (exact) mass is 394 g/mol. The lowest BCUT2D eigenvalue weighted by Gasteiger charge is -1.97. The molecule has 7 nitrogen and oxygen atoms in total. The first-order valence-electron chi connectivity index (χ1n) is 6.97. The van der Waals surface area contributed by atoms with Gasteiger partial charge >= 0.3 is 0 Å². The van der Waals surface area contributed by atoms with Crippen molar-refractivity contribution in [1.82, 2.24) is 24.5 Å². The molecule has 3 aromatic rings. The Morgan fingerprint density at radius 2 is 2.09 bits per heavy atom. The summed E-state index contributed by atoms with van der Waals surface area (Å²) in [6.45, 7) is 1.14. The van der Waals surface area contributed by atoms with Crippen molar-refractivity contribution in [2.24, 2.45) is 0 Å². The van der Waals surface area contributed by atoms with Crippen LogP contribution in [0.15, 0.2) is 28.7 Å². The van der Waals surface area contributed by atoms with E-state index in [1.165, 1.54) is 11.5 Å². The van der Waals surface area contributed by atoms with Gasteiger partial charge in [0.05, 0.1) is 13.2 Å². The molecule has 2 aromatic heterocycles. The molecule has 9 heteroatoms. The largest absolute Gasteiger partial charge is 0.384 e. The lowest BCUT2D eigenvalue weighted by Crippen LogP contribution is -2.02. The summed E-state index contributed by atoms with van der Waals surface area (Å²) in [5.74, 6) is 2.20. The SMILES string of the molecule is COCCc1nsc(NCc2nc(-c3ccc(Br)cc3)n[nH]2)n1. The van der Waals surface area contributed by atoms with Crippen LogP contribution in [0.2, 0.25) is 0 Å². The Hall–Kier alpha value is -1.84. The van der Waals surface area contributed by atoms with Crippen LogP contribution >= 0.6 is 27.5 Å². The minimum atomic E-state index is 0.516. The minimum Gasteiger partial charge on any atom is -0.384 e. The molecule has 0 spiro atoms. The molecule has 3 rings (SSSR count). The van der Waals surface area contributed by atoms with Gasteiger partial charge in [0.2, 0.25) is 5.13 Å². The highest BCUT2D eigenvalue weighted by atomic mass is 79.9. The molecule has 2 heterocycles. The molecule has 0 radical (unpaired) electrons. The zero-order valence-electron chi connectivity index (χ0n) is 12.4. The summed E-state index contributed by atoms with van der Waals surface area (Å²) in [6.07, 6.45) is 0.713. The number of aromatic amines is 1. The fourth-order valence-corrected chi connectivity index (χ4v) is 2.75.